The zero-order valence-corrected chi connectivity index (χ0v) is 11.5. The summed E-state index contributed by atoms with van der Waals surface area (Å²) >= 11 is 4.97. The fraction of sp³-hybridized carbons (Fsp3) is 0.364. The van der Waals surface area contributed by atoms with Crippen LogP contribution in [-0.4, -0.2) is 14.7 Å². The molecule has 0 spiro atoms. The van der Waals surface area contributed by atoms with E-state index in [1.54, 1.807) is 12.5 Å². The highest BCUT2D eigenvalue weighted by atomic mass is 79.9. The van der Waals surface area contributed by atoms with Crippen molar-refractivity contribution in [3.63, 3.8) is 0 Å². The van der Waals surface area contributed by atoms with Gasteiger partial charge in [0.25, 0.3) is 0 Å². The van der Waals surface area contributed by atoms with Gasteiger partial charge in [-0.05, 0) is 41.2 Å². The molecular weight excluding hydrogens is 288 g/mol. The Morgan fingerprint density at radius 1 is 1.50 bits per heavy atom. The number of nitrogens with zero attached hydrogens (tertiary/aromatic N) is 2. The van der Waals surface area contributed by atoms with Crippen molar-refractivity contribution in [3.05, 3.63) is 39.0 Å². The highest BCUT2D eigenvalue weighted by Crippen LogP contribution is 2.33. The molecule has 2 aromatic heterocycles. The molecule has 0 aliphatic carbocycles. The second kappa shape index (κ2) is 4.69. The van der Waals surface area contributed by atoms with E-state index in [1.165, 1.54) is 11.3 Å². The third kappa shape index (κ3) is 2.07. The van der Waals surface area contributed by atoms with Crippen molar-refractivity contribution < 1.29 is 5.11 Å². The van der Waals surface area contributed by atoms with E-state index in [0.717, 1.165) is 15.0 Å². The first-order valence-corrected chi connectivity index (χ1v) is 6.71. The van der Waals surface area contributed by atoms with Gasteiger partial charge in [-0.25, -0.2) is 4.98 Å². The first kappa shape index (κ1) is 11.8. The normalized spacial score (nSPS) is 13.3. The molecule has 0 saturated carbocycles. The van der Waals surface area contributed by atoms with E-state index in [1.807, 2.05) is 16.0 Å². The van der Waals surface area contributed by atoms with E-state index in [-0.39, 0.29) is 0 Å². The maximum absolute atomic E-state index is 10.3. The average molecular weight is 301 g/mol. The minimum atomic E-state index is -0.612. The van der Waals surface area contributed by atoms with Crippen molar-refractivity contribution in [1.82, 2.24) is 9.55 Å². The molecule has 0 aliphatic rings. The molecule has 2 heterocycles. The summed E-state index contributed by atoms with van der Waals surface area (Å²) in [5, 5.41) is 12.3. The Bertz CT molecular complexity index is 478. The maximum atomic E-state index is 10.3. The first-order chi connectivity index (χ1) is 7.61. The number of rotatable bonds is 3. The van der Waals surface area contributed by atoms with Crippen LogP contribution in [0.2, 0.25) is 0 Å². The monoisotopic (exact) mass is 300 g/mol. The molecule has 16 heavy (non-hydrogen) atoms. The van der Waals surface area contributed by atoms with Gasteiger partial charge < -0.3 is 9.67 Å². The SMILES string of the molecule is CC(C)n1cncc1C(O)c1sccc1Br. The number of hydrogen-bond acceptors (Lipinski definition) is 3. The van der Waals surface area contributed by atoms with Crippen LogP contribution in [0.3, 0.4) is 0 Å². The standard InChI is InChI=1S/C11H13BrN2OS/c1-7(2)14-6-13-5-9(14)10(15)11-8(12)3-4-16-11/h3-7,10,15H,1-2H3. The largest absolute Gasteiger partial charge is 0.381 e. The molecule has 1 unspecified atom stereocenters. The van der Waals surface area contributed by atoms with E-state index >= 15 is 0 Å². The van der Waals surface area contributed by atoms with Crippen LogP contribution in [0, 0.1) is 0 Å². The van der Waals surface area contributed by atoms with Gasteiger partial charge in [0, 0.05) is 10.5 Å². The lowest BCUT2D eigenvalue weighted by Gasteiger charge is -2.15. The quantitative estimate of drug-likeness (QED) is 0.944. The number of halogens is 1. The Balaban J connectivity index is 2.38. The highest BCUT2D eigenvalue weighted by molar-refractivity contribution is 9.10. The van der Waals surface area contributed by atoms with Crippen molar-refractivity contribution in [3.8, 4) is 0 Å². The summed E-state index contributed by atoms with van der Waals surface area (Å²) in [6, 6.07) is 2.24. The molecule has 0 aliphatic heterocycles. The summed E-state index contributed by atoms with van der Waals surface area (Å²) in [4.78, 5) is 5.02. The number of imidazole rings is 1. The van der Waals surface area contributed by atoms with Gasteiger partial charge in [0.15, 0.2) is 0 Å². The Morgan fingerprint density at radius 3 is 2.81 bits per heavy atom. The molecule has 86 valence electrons. The van der Waals surface area contributed by atoms with E-state index < -0.39 is 6.10 Å². The molecule has 1 atom stereocenters. The summed E-state index contributed by atoms with van der Waals surface area (Å²) in [6.07, 6.45) is 2.86. The van der Waals surface area contributed by atoms with Crippen LogP contribution in [0.4, 0.5) is 0 Å². The Hall–Kier alpha value is -0.650. The smallest absolute Gasteiger partial charge is 0.131 e. The van der Waals surface area contributed by atoms with Gasteiger partial charge in [-0.1, -0.05) is 0 Å². The minimum Gasteiger partial charge on any atom is -0.381 e. The summed E-state index contributed by atoms with van der Waals surface area (Å²) in [7, 11) is 0. The van der Waals surface area contributed by atoms with E-state index in [4.69, 9.17) is 0 Å². The van der Waals surface area contributed by atoms with Gasteiger partial charge in [0.1, 0.15) is 6.10 Å². The first-order valence-electron chi connectivity index (χ1n) is 5.04. The molecule has 1 N–H and O–H groups in total. The summed E-state index contributed by atoms with van der Waals surface area (Å²) in [5.74, 6) is 0. The van der Waals surface area contributed by atoms with Crippen LogP contribution in [0.5, 0.6) is 0 Å². The van der Waals surface area contributed by atoms with Gasteiger partial charge in [-0.3, -0.25) is 0 Å². The minimum absolute atomic E-state index is 0.297. The van der Waals surface area contributed by atoms with Crippen LogP contribution < -0.4 is 0 Å². The fourth-order valence-corrected chi connectivity index (χ4v) is 3.18. The van der Waals surface area contributed by atoms with Gasteiger partial charge in [-0.2, -0.15) is 0 Å². The fourth-order valence-electron chi connectivity index (χ4n) is 1.59. The third-order valence-electron chi connectivity index (χ3n) is 2.43. The maximum Gasteiger partial charge on any atom is 0.131 e. The van der Waals surface area contributed by atoms with Crippen LogP contribution in [0.15, 0.2) is 28.4 Å². The summed E-state index contributed by atoms with van der Waals surface area (Å²) in [6.45, 7) is 4.14. The van der Waals surface area contributed by atoms with Crippen molar-refractivity contribution in [1.29, 1.82) is 0 Å². The lowest BCUT2D eigenvalue weighted by molar-refractivity contribution is 0.211. The van der Waals surface area contributed by atoms with Gasteiger partial charge in [0.05, 0.1) is 23.1 Å². The predicted octanol–water partition coefficient (Wildman–Crippen LogP) is 3.37. The molecule has 5 heteroatoms. The Kier molecular flexibility index (Phi) is 3.47. The Morgan fingerprint density at radius 2 is 2.25 bits per heavy atom. The van der Waals surface area contributed by atoms with Gasteiger partial charge in [0.2, 0.25) is 0 Å². The van der Waals surface area contributed by atoms with Crippen LogP contribution in [0.25, 0.3) is 0 Å². The predicted molar refractivity (Wildman–Crippen MR) is 68.7 cm³/mol. The van der Waals surface area contributed by atoms with E-state index in [0.29, 0.717) is 6.04 Å². The van der Waals surface area contributed by atoms with E-state index in [2.05, 4.69) is 34.8 Å². The number of thiophene rings is 1. The van der Waals surface area contributed by atoms with Crippen LogP contribution >= 0.6 is 27.3 Å². The number of aliphatic hydroxyl groups is 1. The molecule has 0 fully saturated rings. The molecule has 2 aromatic rings. The number of hydrogen-bond donors (Lipinski definition) is 1. The highest BCUT2D eigenvalue weighted by Gasteiger charge is 2.19. The zero-order valence-electron chi connectivity index (χ0n) is 9.09. The lowest BCUT2D eigenvalue weighted by atomic mass is 10.2. The lowest BCUT2D eigenvalue weighted by Crippen LogP contribution is -2.09. The average Bonchev–Trinajstić information content (AvgIpc) is 2.84. The van der Waals surface area contributed by atoms with Crippen molar-refractivity contribution in [2.45, 2.75) is 26.0 Å². The van der Waals surface area contributed by atoms with Crippen molar-refractivity contribution >= 4 is 27.3 Å². The van der Waals surface area contributed by atoms with Gasteiger partial charge in [-0.15, -0.1) is 11.3 Å². The number of aromatic nitrogens is 2. The molecule has 0 aromatic carbocycles. The van der Waals surface area contributed by atoms with Crippen LogP contribution in [-0.2, 0) is 0 Å². The molecule has 0 radical (unpaired) electrons. The zero-order chi connectivity index (χ0) is 11.7. The summed E-state index contributed by atoms with van der Waals surface area (Å²) in [5.41, 5.74) is 0.832. The number of aliphatic hydroxyl groups excluding tert-OH is 1. The molecule has 3 nitrogen and oxygen atoms in total. The van der Waals surface area contributed by atoms with Crippen molar-refractivity contribution in [2.75, 3.05) is 0 Å². The second-order valence-corrected chi connectivity index (χ2v) is 5.66. The molecule has 0 amide bonds. The topological polar surface area (TPSA) is 38.0 Å². The third-order valence-corrected chi connectivity index (χ3v) is 4.35. The molecule has 0 bridgehead atoms. The Labute approximate surface area is 107 Å². The molecule has 0 saturated heterocycles. The van der Waals surface area contributed by atoms with Crippen molar-refractivity contribution in [2.24, 2.45) is 0 Å². The van der Waals surface area contributed by atoms with E-state index in [9.17, 15) is 5.11 Å². The second-order valence-electron chi connectivity index (χ2n) is 3.85. The van der Waals surface area contributed by atoms with Crippen LogP contribution in [0.1, 0.15) is 36.6 Å². The van der Waals surface area contributed by atoms with Gasteiger partial charge >= 0.3 is 0 Å². The molecular formula is C11H13BrN2OS. The molecule has 2 rings (SSSR count). The summed E-state index contributed by atoms with van der Waals surface area (Å²) < 4.78 is 2.93.